The number of hydrogen-bond donors (Lipinski definition) is 2. The van der Waals surface area contributed by atoms with Gasteiger partial charge < -0.3 is 14.8 Å². The zero-order valence-corrected chi connectivity index (χ0v) is 9.98. The number of nitrogens with one attached hydrogen (secondary N) is 2. The minimum atomic E-state index is 0.624. The average molecular weight is 245 g/mol. The van der Waals surface area contributed by atoms with E-state index in [-0.39, 0.29) is 0 Å². The van der Waals surface area contributed by atoms with Crippen molar-refractivity contribution >= 4 is 0 Å². The van der Waals surface area contributed by atoms with Crippen LogP contribution in [0.5, 0.6) is 11.5 Å². The van der Waals surface area contributed by atoms with Gasteiger partial charge in [0.05, 0.1) is 6.20 Å². The number of fused-ring (bicyclic) bond motifs is 1. The number of H-pyrrole nitrogens is 1. The minimum absolute atomic E-state index is 0.624. The van der Waals surface area contributed by atoms with Gasteiger partial charge in [-0.3, -0.25) is 5.10 Å². The molecule has 0 aliphatic carbocycles. The number of aromatic amines is 1. The van der Waals surface area contributed by atoms with Crippen molar-refractivity contribution in [1.82, 2.24) is 15.5 Å². The summed E-state index contributed by atoms with van der Waals surface area (Å²) in [6, 6.07) is 6.04. The highest BCUT2D eigenvalue weighted by atomic mass is 16.6. The van der Waals surface area contributed by atoms with E-state index in [9.17, 15) is 0 Å². The maximum absolute atomic E-state index is 5.55. The molecule has 0 fully saturated rings. The molecule has 0 atom stereocenters. The fourth-order valence-electron chi connectivity index (χ4n) is 1.92. The third-order valence-corrected chi connectivity index (χ3v) is 2.82. The van der Waals surface area contributed by atoms with Gasteiger partial charge in [0.15, 0.2) is 11.5 Å². The van der Waals surface area contributed by atoms with Gasteiger partial charge >= 0.3 is 0 Å². The molecule has 1 aliphatic heterocycles. The topological polar surface area (TPSA) is 59.2 Å². The molecule has 0 radical (unpaired) electrons. The van der Waals surface area contributed by atoms with Crippen molar-refractivity contribution in [3.8, 4) is 11.5 Å². The van der Waals surface area contributed by atoms with Crippen molar-refractivity contribution in [3.63, 3.8) is 0 Å². The number of hydrogen-bond acceptors (Lipinski definition) is 4. The summed E-state index contributed by atoms with van der Waals surface area (Å²) >= 11 is 0. The molecule has 0 saturated carbocycles. The van der Waals surface area contributed by atoms with E-state index in [0.29, 0.717) is 13.2 Å². The quantitative estimate of drug-likeness (QED) is 0.856. The van der Waals surface area contributed by atoms with Crippen molar-refractivity contribution in [2.45, 2.75) is 13.1 Å². The Balaban J connectivity index is 1.59. The highest BCUT2D eigenvalue weighted by Crippen LogP contribution is 2.30. The molecule has 3 rings (SSSR count). The van der Waals surface area contributed by atoms with Crippen molar-refractivity contribution < 1.29 is 9.47 Å². The molecule has 5 heteroatoms. The number of nitrogens with zero attached hydrogens (tertiary/aromatic N) is 1. The van der Waals surface area contributed by atoms with Crippen LogP contribution in [0.2, 0.25) is 0 Å². The Kier molecular flexibility index (Phi) is 3.14. The third-order valence-electron chi connectivity index (χ3n) is 2.82. The Bertz CT molecular complexity index is 511. The first-order valence-electron chi connectivity index (χ1n) is 5.99. The second kappa shape index (κ2) is 5.10. The van der Waals surface area contributed by atoms with E-state index < -0.39 is 0 Å². The van der Waals surface area contributed by atoms with Crippen molar-refractivity contribution in [1.29, 1.82) is 0 Å². The number of ether oxygens (including phenoxy) is 2. The molecule has 0 amide bonds. The van der Waals surface area contributed by atoms with Crippen molar-refractivity contribution in [2.75, 3.05) is 13.2 Å². The normalized spacial score (nSPS) is 13.6. The molecule has 94 valence electrons. The van der Waals surface area contributed by atoms with Crippen LogP contribution in [-0.2, 0) is 13.1 Å². The molecular formula is C13H15N3O2. The number of rotatable bonds is 4. The van der Waals surface area contributed by atoms with Gasteiger partial charge in [-0.2, -0.15) is 5.10 Å². The first kappa shape index (κ1) is 11.1. The van der Waals surface area contributed by atoms with Crippen LogP contribution in [0.4, 0.5) is 0 Å². The van der Waals surface area contributed by atoms with E-state index in [1.54, 1.807) is 0 Å². The van der Waals surface area contributed by atoms with Gasteiger partial charge in [0.2, 0.25) is 0 Å². The maximum atomic E-state index is 5.55. The Morgan fingerprint density at radius 2 is 1.94 bits per heavy atom. The first-order chi connectivity index (χ1) is 8.92. The molecule has 1 aromatic heterocycles. The number of benzene rings is 1. The van der Waals surface area contributed by atoms with E-state index >= 15 is 0 Å². The second-order valence-electron chi connectivity index (χ2n) is 4.19. The molecule has 1 aromatic carbocycles. The summed E-state index contributed by atoms with van der Waals surface area (Å²) in [4.78, 5) is 0. The van der Waals surface area contributed by atoms with E-state index in [4.69, 9.17) is 9.47 Å². The van der Waals surface area contributed by atoms with Gasteiger partial charge in [0.1, 0.15) is 13.2 Å². The van der Waals surface area contributed by atoms with Gasteiger partial charge in [-0.1, -0.05) is 6.07 Å². The Labute approximate surface area is 105 Å². The highest BCUT2D eigenvalue weighted by molar-refractivity contribution is 5.43. The molecule has 0 spiro atoms. The Morgan fingerprint density at radius 1 is 1.11 bits per heavy atom. The summed E-state index contributed by atoms with van der Waals surface area (Å²) in [5, 5.41) is 10.1. The van der Waals surface area contributed by atoms with E-state index in [1.165, 1.54) is 5.56 Å². The molecule has 1 aliphatic rings. The molecule has 2 heterocycles. The van der Waals surface area contributed by atoms with E-state index in [2.05, 4.69) is 21.6 Å². The lowest BCUT2D eigenvalue weighted by atomic mass is 10.2. The zero-order chi connectivity index (χ0) is 12.2. The standard InChI is InChI=1S/C13H15N3O2/c1-2-12-13(18-4-3-17-12)5-10(1)6-14-7-11-8-15-16-9-11/h1-2,5,8-9,14H,3-4,6-7H2,(H,15,16). The monoisotopic (exact) mass is 245 g/mol. The molecule has 5 nitrogen and oxygen atoms in total. The van der Waals surface area contributed by atoms with Crippen LogP contribution in [-0.4, -0.2) is 23.4 Å². The fourth-order valence-corrected chi connectivity index (χ4v) is 1.92. The van der Waals surface area contributed by atoms with Crippen LogP contribution in [0.1, 0.15) is 11.1 Å². The summed E-state index contributed by atoms with van der Waals surface area (Å²) in [5.74, 6) is 1.67. The SMILES string of the molecule is c1cc2c(cc1CNCc1cn[nH]c1)OCCO2. The predicted octanol–water partition coefficient (Wildman–Crippen LogP) is 1.47. The average Bonchev–Trinajstić information content (AvgIpc) is 2.92. The van der Waals surface area contributed by atoms with Crippen LogP contribution in [0, 0.1) is 0 Å². The fraction of sp³-hybridized carbons (Fsp3) is 0.308. The first-order valence-corrected chi connectivity index (χ1v) is 5.99. The van der Waals surface area contributed by atoms with Gasteiger partial charge in [0, 0.05) is 24.8 Å². The van der Waals surface area contributed by atoms with E-state index in [0.717, 1.165) is 30.2 Å². The minimum Gasteiger partial charge on any atom is -0.486 e. The molecule has 2 aromatic rings. The lowest BCUT2D eigenvalue weighted by Crippen LogP contribution is -2.16. The molecule has 0 bridgehead atoms. The molecule has 18 heavy (non-hydrogen) atoms. The largest absolute Gasteiger partial charge is 0.486 e. The van der Waals surface area contributed by atoms with Gasteiger partial charge in [-0.15, -0.1) is 0 Å². The summed E-state index contributed by atoms with van der Waals surface area (Å²) in [7, 11) is 0. The molecule has 2 N–H and O–H groups in total. The van der Waals surface area contributed by atoms with Crippen LogP contribution in [0.3, 0.4) is 0 Å². The van der Waals surface area contributed by atoms with Crippen molar-refractivity contribution in [2.24, 2.45) is 0 Å². The summed E-state index contributed by atoms with van der Waals surface area (Å²) in [6.45, 7) is 2.84. The molecule has 0 saturated heterocycles. The highest BCUT2D eigenvalue weighted by Gasteiger charge is 2.11. The smallest absolute Gasteiger partial charge is 0.161 e. The summed E-state index contributed by atoms with van der Waals surface area (Å²) in [6.07, 6.45) is 3.70. The van der Waals surface area contributed by atoms with Crippen molar-refractivity contribution in [3.05, 3.63) is 41.7 Å². The van der Waals surface area contributed by atoms with Crippen LogP contribution >= 0.6 is 0 Å². The van der Waals surface area contributed by atoms with Gasteiger partial charge in [-0.25, -0.2) is 0 Å². The zero-order valence-electron chi connectivity index (χ0n) is 9.98. The predicted molar refractivity (Wildman–Crippen MR) is 66.6 cm³/mol. The third kappa shape index (κ3) is 2.46. The van der Waals surface area contributed by atoms with Crippen LogP contribution in [0.15, 0.2) is 30.6 Å². The Hall–Kier alpha value is -2.01. The Morgan fingerprint density at radius 3 is 2.78 bits per heavy atom. The van der Waals surface area contributed by atoms with Gasteiger partial charge in [0.25, 0.3) is 0 Å². The van der Waals surface area contributed by atoms with E-state index in [1.807, 2.05) is 24.5 Å². The van der Waals surface area contributed by atoms with Crippen LogP contribution < -0.4 is 14.8 Å². The molecular weight excluding hydrogens is 230 g/mol. The lowest BCUT2D eigenvalue weighted by molar-refractivity contribution is 0.171. The summed E-state index contributed by atoms with van der Waals surface area (Å²) < 4.78 is 11.0. The second-order valence-corrected chi connectivity index (χ2v) is 4.19. The van der Waals surface area contributed by atoms with Gasteiger partial charge in [-0.05, 0) is 17.7 Å². The van der Waals surface area contributed by atoms with Crippen LogP contribution in [0.25, 0.3) is 0 Å². The summed E-state index contributed by atoms with van der Waals surface area (Å²) in [5.41, 5.74) is 2.33. The molecule has 0 unspecified atom stereocenters. The maximum Gasteiger partial charge on any atom is 0.161 e. The number of aromatic nitrogens is 2. The lowest BCUT2D eigenvalue weighted by Gasteiger charge is -2.18.